The molecule has 0 saturated heterocycles. The van der Waals surface area contributed by atoms with Gasteiger partial charge in [-0.05, 0) is 47.9 Å². The lowest BCUT2D eigenvalue weighted by molar-refractivity contribution is 0.104. The van der Waals surface area contributed by atoms with Gasteiger partial charge in [-0.3, -0.25) is 4.79 Å². The summed E-state index contributed by atoms with van der Waals surface area (Å²) < 4.78 is 5.18. The lowest BCUT2D eigenvalue weighted by Crippen LogP contribution is -2.17. The Morgan fingerprint density at radius 1 is 0.933 bits per heavy atom. The molecule has 3 aromatic carbocycles. The van der Waals surface area contributed by atoms with Crippen LogP contribution in [0.25, 0.3) is 16.6 Å². The average Bonchev–Trinajstić information content (AvgIpc) is 3.22. The Morgan fingerprint density at radius 2 is 1.67 bits per heavy atom. The largest absolute Gasteiger partial charge is 0.497 e. The molecule has 0 amide bonds. The quantitative estimate of drug-likeness (QED) is 0.317. The summed E-state index contributed by atoms with van der Waals surface area (Å²) in [7, 11) is 1.61. The van der Waals surface area contributed by atoms with E-state index in [4.69, 9.17) is 4.74 Å². The van der Waals surface area contributed by atoms with E-state index in [0.717, 1.165) is 35.5 Å². The van der Waals surface area contributed by atoms with E-state index in [0.29, 0.717) is 5.56 Å². The normalized spacial score (nSPS) is 11.4. The fourth-order valence-electron chi connectivity index (χ4n) is 3.49. The molecular weight excluding hydrogens is 372 g/mol. The average molecular weight is 396 g/mol. The highest BCUT2D eigenvalue weighted by Crippen LogP contribution is 2.19. The number of nitrogens with one attached hydrogen (secondary N) is 2. The van der Waals surface area contributed by atoms with Gasteiger partial charge in [-0.15, -0.1) is 0 Å². The molecule has 0 bridgehead atoms. The van der Waals surface area contributed by atoms with Gasteiger partial charge in [0.05, 0.1) is 7.11 Å². The van der Waals surface area contributed by atoms with E-state index < -0.39 is 0 Å². The Hall–Kier alpha value is -3.79. The van der Waals surface area contributed by atoms with Crippen LogP contribution in [0.2, 0.25) is 0 Å². The van der Waals surface area contributed by atoms with Gasteiger partial charge in [-0.25, -0.2) is 0 Å². The van der Waals surface area contributed by atoms with Gasteiger partial charge in [0.1, 0.15) is 5.75 Å². The van der Waals surface area contributed by atoms with Crippen molar-refractivity contribution < 1.29 is 9.53 Å². The summed E-state index contributed by atoms with van der Waals surface area (Å²) in [5.41, 5.74) is 4.82. The van der Waals surface area contributed by atoms with Gasteiger partial charge in [0.2, 0.25) is 0 Å². The minimum absolute atomic E-state index is 0.0453. The minimum atomic E-state index is -0.0453. The molecule has 150 valence electrons. The van der Waals surface area contributed by atoms with Crippen LogP contribution in [0.1, 0.15) is 21.5 Å². The molecule has 0 spiro atoms. The third kappa shape index (κ3) is 4.44. The topological polar surface area (TPSA) is 54.1 Å². The SMILES string of the molecule is COc1ccc(C(=O)/C=C(/NCCc2c[nH]c3ccccc23)c2ccccc2)cc1. The molecule has 0 unspecified atom stereocenters. The molecule has 0 saturated carbocycles. The molecular formula is C26H24N2O2. The Balaban J connectivity index is 1.52. The number of ketones is 1. The number of aromatic amines is 1. The molecule has 0 aliphatic carbocycles. The van der Waals surface area contributed by atoms with E-state index in [2.05, 4.69) is 34.7 Å². The van der Waals surface area contributed by atoms with Gasteiger partial charge in [0.15, 0.2) is 5.78 Å². The van der Waals surface area contributed by atoms with Crippen LogP contribution in [-0.4, -0.2) is 24.4 Å². The number of carbonyl (C=O) groups is 1. The predicted octanol–water partition coefficient (Wildman–Crippen LogP) is 5.23. The van der Waals surface area contributed by atoms with Crippen molar-refractivity contribution in [2.45, 2.75) is 6.42 Å². The van der Waals surface area contributed by atoms with Crippen LogP contribution in [-0.2, 0) is 6.42 Å². The fourth-order valence-corrected chi connectivity index (χ4v) is 3.49. The van der Waals surface area contributed by atoms with Gasteiger partial charge >= 0.3 is 0 Å². The first-order chi connectivity index (χ1) is 14.7. The van der Waals surface area contributed by atoms with Crippen molar-refractivity contribution in [1.29, 1.82) is 0 Å². The molecule has 2 N–H and O–H groups in total. The van der Waals surface area contributed by atoms with Gasteiger partial charge in [-0.2, -0.15) is 0 Å². The van der Waals surface area contributed by atoms with Gasteiger partial charge in [-0.1, -0.05) is 48.5 Å². The van der Waals surface area contributed by atoms with E-state index in [1.165, 1.54) is 10.9 Å². The maximum Gasteiger partial charge on any atom is 0.187 e. The molecule has 4 rings (SSSR count). The Bertz CT molecular complexity index is 1160. The second-order valence-electron chi connectivity index (χ2n) is 7.05. The Kier molecular flexibility index (Phi) is 5.95. The lowest BCUT2D eigenvalue weighted by Gasteiger charge is -2.11. The molecule has 4 aromatic rings. The molecule has 0 aliphatic rings. The smallest absolute Gasteiger partial charge is 0.187 e. The van der Waals surface area contributed by atoms with Crippen LogP contribution in [0, 0.1) is 0 Å². The van der Waals surface area contributed by atoms with Crippen LogP contribution >= 0.6 is 0 Å². The first-order valence-corrected chi connectivity index (χ1v) is 9.99. The zero-order chi connectivity index (χ0) is 20.8. The van der Waals surface area contributed by atoms with Gasteiger partial charge in [0, 0.05) is 41.0 Å². The highest BCUT2D eigenvalue weighted by Gasteiger charge is 2.09. The van der Waals surface area contributed by atoms with E-state index in [1.807, 2.05) is 36.4 Å². The molecule has 0 atom stereocenters. The first-order valence-electron chi connectivity index (χ1n) is 9.99. The summed E-state index contributed by atoms with van der Waals surface area (Å²) >= 11 is 0. The summed E-state index contributed by atoms with van der Waals surface area (Å²) in [4.78, 5) is 16.1. The summed E-state index contributed by atoms with van der Waals surface area (Å²) in [5, 5.41) is 4.70. The van der Waals surface area contributed by atoms with Gasteiger partial charge in [0.25, 0.3) is 0 Å². The lowest BCUT2D eigenvalue weighted by atomic mass is 10.1. The zero-order valence-electron chi connectivity index (χ0n) is 16.9. The molecule has 0 aliphatic heterocycles. The van der Waals surface area contributed by atoms with Crippen LogP contribution in [0.15, 0.2) is 91.1 Å². The second-order valence-corrected chi connectivity index (χ2v) is 7.05. The minimum Gasteiger partial charge on any atom is -0.497 e. The zero-order valence-corrected chi connectivity index (χ0v) is 16.9. The summed E-state index contributed by atoms with van der Waals surface area (Å²) in [6.07, 6.45) is 4.58. The monoisotopic (exact) mass is 396 g/mol. The first kappa shape index (κ1) is 19.5. The number of carbonyl (C=O) groups excluding carboxylic acids is 1. The van der Waals surface area contributed by atoms with Crippen molar-refractivity contribution >= 4 is 22.4 Å². The summed E-state index contributed by atoms with van der Waals surface area (Å²) in [5.74, 6) is 0.687. The van der Waals surface area contributed by atoms with Crippen LogP contribution in [0.3, 0.4) is 0 Å². The molecule has 1 aromatic heterocycles. The van der Waals surface area contributed by atoms with Crippen LogP contribution in [0.5, 0.6) is 5.75 Å². The van der Waals surface area contributed by atoms with Crippen molar-refractivity contribution in [1.82, 2.24) is 10.3 Å². The number of allylic oxidation sites excluding steroid dienone is 1. The molecule has 0 fully saturated rings. The van der Waals surface area contributed by atoms with E-state index in [9.17, 15) is 4.79 Å². The molecule has 4 nitrogen and oxygen atoms in total. The Morgan fingerprint density at radius 3 is 2.43 bits per heavy atom. The standard InChI is InChI=1S/C26H24N2O2/c1-30-22-13-11-20(12-14-22)26(29)17-25(19-7-3-2-4-8-19)27-16-15-21-18-28-24-10-6-5-9-23(21)24/h2-14,17-18,27-28H,15-16H2,1H3/b25-17+. The number of H-pyrrole nitrogens is 1. The number of aromatic nitrogens is 1. The molecule has 0 radical (unpaired) electrons. The number of rotatable bonds is 8. The maximum absolute atomic E-state index is 12.8. The van der Waals surface area contributed by atoms with Crippen LogP contribution < -0.4 is 10.1 Å². The highest BCUT2D eigenvalue weighted by molar-refractivity contribution is 6.08. The van der Waals surface area contributed by atoms with Crippen molar-refractivity contribution in [3.05, 3.63) is 108 Å². The van der Waals surface area contributed by atoms with E-state index in [1.54, 1.807) is 37.5 Å². The van der Waals surface area contributed by atoms with Crippen molar-refractivity contribution in [3.63, 3.8) is 0 Å². The summed E-state index contributed by atoms with van der Waals surface area (Å²) in [6.45, 7) is 0.721. The number of fused-ring (bicyclic) bond motifs is 1. The molecule has 30 heavy (non-hydrogen) atoms. The van der Waals surface area contributed by atoms with Gasteiger partial charge < -0.3 is 15.0 Å². The number of methoxy groups -OCH3 is 1. The maximum atomic E-state index is 12.8. The number of para-hydroxylation sites is 1. The summed E-state index contributed by atoms with van der Waals surface area (Å²) in [6, 6.07) is 25.4. The number of hydrogen-bond acceptors (Lipinski definition) is 3. The van der Waals surface area contributed by atoms with E-state index in [-0.39, 0.29) is 5.78 Å². The Labute approximate surface area is 176 Å². The third-order valence-corrected chi connectivity index (χ3v) is 5.12. The predicted molar refractivity (Wildman–Crippen MR) is 122 cm³/mol. The number of ether oxygens (including phenoxy) is 1. The van der Waals surface area contributed by atoms with Crippen LogP contribution in [0.4, 0.5) is 0 Å². The second kappa shape index (κ2) is 9.14. The highest BCUT2D eigenvalue weighted by atomic mass is 16.5. The number of hydrogen-bond donors (Lipinski definition) is 2. The fraction of sp³-hybridized carbons (Fsp3) is 0.115. The number of benzene rings is 3. The van der Waals surface area contributed by atoms with Crippen molar-refractivity contribution in [2.75, 3.05) is 13.7 Å². The van der Waals surface area contributed by atoms with Crippen molar-refractivity contribution in [3.8, 4) is 5.75 Å². The molecule has 4 heteroatoms. The van der Waals surface area contributed by atoms with E-state index >= 15 is 0 Å². The molecule has 1 heterocycles. The van der Waals surface area contributed by atoms with Crippen molar-refractivity contribution in [2.24, 2.45) is 0 Å². The third-order valence-electron chi connectivity index (χ3n) is 5.12.